The van der Waals surface area contributed by atoms with Crippen molar-refractivity contribution < 1.29 is 9.63 Å². The molecule has 3 aromatic rings. The number of aromatic nitrogens is 2. The van der Waals surface area contributed by atoms with Crippen molar-refractivity contribution >= 4 is 23.2 Å². The van der Waals surface area contributed by atoms with Crippen molar-refractivity contribution in [3.8, 4) is 0 Å². The Hall–Kier alpha value is -3.12. The number of rotatable bonds is 5. The van der Waals surface area contributed by atoms with Crippen molar-refractivity contribution in [1.82, 2.24) is 15.1 Å². The molecular formula is C21H19ClN4O2. The van der Waals surface area contributed by atoms with E-state index in [4.69, 9.17) is 16.4 Å². The molecule has 142 valence electrons. The number of halogens is 1. The highest BCUT2D eigenvalue weighted by Gasteiger charge is 2.31. The molecule has 2 aromatic carbocycles. The van der Waals surface area contributed by atoms with Gasteiger partial charge < -0.3 is 10.2 Å². The van der Waals surface area contributed by atoms with Gasteiger partial charge in [-0.1, -0.05) is 59.2 Å². The monoisotopic (exact) mass is 394 g/mol. The molecule has 7 heteroatoms. The van der Waals surface area contributed by atoms with Gasteiger partial charge in [-0.25, -0.2) is 0 Å². The van der Waals surface area contributed by atoms with E-state index < -0.39 is 6.10 Å². The summed E-state index contributed by atoms with van der Waals surface area (Å²) < 4.78 is 1.75. The molecule has 0 spiro atoms. The molecule has 4 rings (SSSR count). The number of carbonyl (C=O) groups is 1. The number of nitrogens with one attached hydrogen (secondary N) is 1. The van der Waals surface area contributed by atoms with Gasteiger partial charge in [-0.2, -0.15) is 5.10 Å². The molecule has 0 radical (unpaired) electrons. The summed E-state index contributed by atoms with van der Waals surface area (Å²) in [5.41, 5.74) is 3.48. The van der Waals surface area contributed by atoms with E-state index in [1.807, 2.05) is 55.6 Å². The van der Waals surface area contributed by atoms with Crippen LogP contribution in [0, 0.1) is 0 Å². The molecule has 1 aromatic heterocycles. The quantitative estimate of drug-likeness (QED) is 0.720. The van der Waals surface area contributed by atoms with E-state index in [-0.39, 0.29) is 11.9 Å². The molecule has 0 aliphatic carbocycles. The van der Waals surface area contributed by atoms with Crippen LogP contribution < -0.4 is 5.32 Å². The molecule has 1 aliphatic rings. The lowest BCUT2D eigenvalue weighted by Gasteiger charge is -2.21. The maximum absolute atomic E-state index is 12.9. The molecule has 1 N–H and O–H groups in total. The lowest BCUT2D eigenvalue weighted by Crippen LogP contribution is -2.38. The van der Waals surface area contributed by atoms with Crippen molar-refractivity contribution in [2.45, 2.75) is 18.6 Å². The van der Waals surface area contributed by atoms with Gasteiger partial charge in [0.1, 0.15) is 0 Å². The molecular weight excluding hydrogens is 376 g/mol. The van der Waals surface area contributed by atoms with Crippen LogP contribution in [0.2, 0.25) is 5.02 Å². The molecule has 0 saturated heterocycles. The molecule has 0 saturated carbocycles. The average molecular weight is 395 g/mol. The fraction of sp³-hybridized carbons (Fsp3) is 0.190. The lowest BCUT2D eigenvalue weighted by molar-refractivity contribution is -0.131. The summed E-state index contributed by atoms with van der Waals surface area (Å²) in [5.74, 6) is -0.220. The zero-order chi connectivity index (χ0) is 19.5. The molecule has 0 unspecified atom stereocenters. The largest absolute Gasteiger partial charge is 0.382 e. The summed E-state index contributed by atoms with van der Waals surface area (Å²) in [6, 6.07) is 18.7. The van der Waals surface area contributed by atoms with E-state index in [0.29, 0.717) is 11.4 Å². The second kappa shape index (κ2) is 7.86. The molecule has 1 aliphatic heterocycles. The smallest absolute Gasteiger partial charge is 0.265 e. The zero-order valence-electron chi connectivity index (χ0n) is 15.2. The van der Waals surface area contributed by atoms with Crippen LogP contribution in [-0.2, 0) is 16.7 Å². The minimum atomic E-state index is -0.676. The lowest BCUT2D eigenvalue weighted by atomic mass is 10.0. The van der Waals surface area contributed by atoms with Crippen molar-refractivity contribution in [3.05, 3.63) is 88.7 Å². The van der Waals surface area contributed by atoms with E-state index in [1.165, 1.54) is 0 Å². The van der Waals surface area contributed by atoms with E-state index in [2.05, 4.69) is 15.6 Å². The van der Waals surface area contributed by atoms with Crippen LogP contribution in [-0.4, -0.2) is 27.5 Å². The van der Waals surface area contributed by atoms with Gasteiger partial charge in [-0.05, 0) is 29.3 Å². The third kappa shape index (κ3) is 3.77. The number of hydrogen-bond acceptors (Lipinski definition) is 4. The highest BCUT2D eigenvalue weighted by Crippen LogP contribution is 2.24. The Morgan fingerprint density at radius 2 is 1.93 bits per heavy atom. The van der Waals surface area contributed by atoms with Crippen LogP contribution in [0.5, 0.6) is 0 Å². The first-order chi connectivity index (χ1) is 13.6. The molecule has 0 fully saturated rings. The first-order valence-electron chi connectivity index (χ1n) is 8.93. The number of carbonyl (C=O) groups excluding carboxylic acids is 1. The Labute approximate surface area is 167 Å². The third-order valence-electron chi connectivity index (χ3n) is 4.71. The minimum Gasteiger partial charge on any atom is -0.382 e. The zero-order valence-corrected chi connectivity index (χ0v) is 16.0. The van der Waals surface area contributed by atoms with E-state index >= 15 is 0 Å². The number of oxime groups is 1. The third-order valence-corrected chi connectivity index (χ3v) is 4.96. The molecule has 2 atom stereocenters. The van der Waals surface area contributed by atoms with Gasteiger partial charge in [0, 0.05) is 24.7 Å². The van der Waals surface area contributed by atoms with Gasteiger partial charge in [0.25, 0.3) is 5.91 Å². The SMILES string of the molecule is Cn1nccc1[C@H](NC(=O)[C@@H]1CC(c2ccc(Cl)cc2)=NO1)c1ccccc1. The van der Waals surface area contributed by atoms with Crippen LogP contribution in [0.25, 0.3) is 0 Å². The van der Waals surface area contributed by atoms with E-state index in [0.717, 1.165) is 22.5 Å². The maximum Gasteiger partial charge on any atom is 0.265 e. The predicted molar refractivity (Wildman–Crippen MR) is 107 cm³/mol. The molecule has 2 heterocycles. The topological polar surface area (TPSA) is 68.5 Å². The van der Waals surface area contributed by atoms with Crippen molar-refractivity contribution in [2.75, 3.05) is 0 Å². The fourth-order valence-corrected chi connectivity index (χ4v) is 3.33. The van der Waals surface area contributed by atoms with Crippen molar-refractivity contribution in [1.29, 1.82) is 0 Å². The van der Waals surface area contributed by atoms with Gasteiger partial charge in [-0.3, -0.25) is 9.48 Å². The van der Waals surface area contributed by atoms with Crippen LogP contribution in [0.1, 0.15) is 29.3 Å². The number of hydrogen-bond donors (Lipinski definition) is 1. The number of aryl methyl sites for hydroxylation is 1. The second-order valence-electron chi connectivity index (χ2n) is 6.58. The summed E-state index contributed by atoms with van der Waals surface area (Å²) in [7, 11) is 1.85. The maximum atomic E-state index is 12.9. The van der Waals surface area contributed by atoms with Gasteiger partial charge in [0.2, 0.25) is 6.10 Å². The highest BCUT2D eigenvalue weighted by atomic mass is 35.5. The van der Waals surface area contributed by atoms with E-state index in [1.54, 1.807) is 23.0 Å². The Kier molecular flexibility index (Phi) is 5.12. The molecule has 0 bridgehead atoms. The normalized spacial score (nSPS) is 16.9. The fourth-order valence-electron chi connectivity index (χ4n) is 3.21. The summed E-state index contributed by atoms with van der Waals surface area (Å²) >= 11 is 5.93. The van der Waals surface area contributed by atoms with Crippen molar-refractivity contribution in [2.24, 2.45) is 12.2 Å². The summed E-state index contributed by atoms with van der Waals surface area (Å²) in [4.78, 5) is 18.3. The summed E-state index contributed by atoms with van der Waals surface area (Å²) in [5, 5.41) is 12.1. The molecule has 6 nitrogen and oxygen atoms in total. The van der Waals surface area contributed by atoms with Gasteiger partial charge in [0.15, 0.2) is 0 Å². The Morgan fingerprint density at radius 3 is 2.61 bits per heavy atom. The van der Waals surface area contributed by atoms with E-state index in [9.17, 15) is 4.79 Å². The number of nitrogens with zero attached hydrogens (tertiary/aromatic N) is 3. The summed E-state index contributed by atoms with van der Waals surface area (Å²) in [6.07, 6.45) is 1.44. The second-order valence-corrected chi connectivity index (χ2v) is 7.01. The Bertz CT molecular complexity index is 999. The highest BCUT2D eigenvalue weighted by molar-refractivity contribution is 6.30. The Balaban J connectivity index is 1.50. The average Bonchev–Trinajstić information content (AvgIpc) is 3.37. The molecule has 1 amide bonds. The van der Waals surface area contributed by atoms with Crippen molar-refractivity contribution in [3.63, 3.8) is 0 Å². The van der Waals surface area contributed by atoms with Crippen LogP contribution in [0.15, 0.2) is 72.0 Å². The molecule has 28 heavy (non-hydrogen) atoms. The first kappa shape index (κ1) is 18.3. The van der Waals surface area contributed by atoms with Crippen LogP contribution in [0.4, 0.5) is 0 Å². The van der Waals surface area contributed by atoms with Crippen LogP contribution in [0.3, 0.4) is 0 Å². The van der Waals surface area contributed by atoms with Gasteiger partial charge in [0.05, 0.1) is 17.4 Å². The summed E-state index contributed by atoms with van der Waals surface area (Å²) in [6.45, 7) is 0. The van der Waals surface area contributed by atoms with Gasteiger partial charge in [-0.15, -0.1) is 0 Å². The standard InChI is InChI=1S/C21H19ClN4O2/c1-26-18(11-12-23-26)20(15-5-3-2-4-6-15)24-21(27)19-13-17(25-28-19)14-7-9-16(22)10-8-14/h2-12,19-20H,13H2,1H3,(H,24,27)/t19-,20+/m0/s1. The number of benzene rings is 2. The first-order valence-corrected chi connectivity index (χ1v) is 9.31. The minimum absolute atomic E-state index is 0.220. The predicted octanol–water partition coefficient (Wildman–Crippen LogP) is 3.47. The van der Waals surface area contributed by atoms with Crippen LogP contribution >= 0.6 is 11.6 Å². The Morgan fingerprint density at radius 1 is 1.18 bits per heavy atom. The van der Waals surface area contributed by atoms with Gasteiger partial charge >= 0.3 is 0 Å². The number of amides is 1.